The molecule has 0 unspecified atom stereocenters. The van der Waals surface area contributed by atoms with Crippen molar-refractivity contribution < 1.29 is 9.59 Å². The Bertz CT molecular complexity index is 1160. The van der Waals surface area contributed by atoms with Gasteiger partial charge in [-0.3, -0.25) is 14.5 Å². The zero-order valence-corrected chi connectivity index (χ0v) is 19.6. The van der Waals surface area contributed by atoms with Crippen molar-refractivity contribution in [2.75, 3.05) is 38.0 Å². The second-order valence-corrected chi connectivity index (χ2v) is 10.1. The number of carbonyl (C=O) groups is 2. The summed E-state index contributed by atoms with van der Waals surface area (Å²) in [5, 5.41) is 4.88. The van der Waals surface area contributed by atoms with Crippen LogP contribution in [0.15, 0.2) is 30.6 Å². The van der Waals surface area contributed by atoms with Gasteiger partial charge in [-0.1, -0.05) is 0 Å². The molecule has 2 saturated heterocycles. The number of hydrogen-bond donors (Lipinski definition) is 1. The number of likely N-dealkylation sites (tertiary alicyclic amines) is 2. The van der Waals surface area contributed by atoms with Crippen molar-refractivity contribution in [1.82, 2.24) is 24.8 Å². The number of piperidine rings is 1. The van der Waals surface area contributed by atoms with Crippen molar-refractivity contribution in [2.24, 2.45) is 5.92 Å². The molecule has 2 amide bonds. The maximum absolute atomic E-state index is 12.9. The van der Waals surface area contributed by atoms with Crippen LogP contribution in [-0.4, -0.2) is 69.3 Å². The number of rotatable bonds is 5. The number of nitrogens with zero attached hydrogens (tertiary/aromatic N) is 5. The number of amides is 2. The molecule has 2 aliphatic rings. The van der Waals surface area contributed by atoms with Crippen LogP contribution in [0.1, 0.15) is 30.7 Å². The highest BCUT2D eigenvalue weighted by Crippen LogP contribution is 2.27. The Morgan fingerprint density at radius 3 is 2.61 bits per heavy atom. The summed E-state index contributed by atoms with van der Waals surface area (Å²) in [6.07, 6.45) is 7.29. The van der Waals surface area contributed by atoms with E-state index in [9.17, 15) is 9.59 Å². The lowest BCUT2D eigenvalue weighted by molar-refractivity contribution is -0.135. The van der Waals surface area contributed by atoms with E-state index in [0.717, 1.165) is 39.6 Å². The highest BCUT2D eigenvalue weighted by Gasteiger charge is 2.28. The van der Waals surface area contributed by atoms with Gasteiger partial charge in [-0.05, 0) is 57.8 Å². The lowest BCUT2D eigenvalue weighted by Crippen LogP contribution is -2.45. The van der Waals surface area contributed by atoms with Gasteiger partial charge in [0.05, 0.1) is 27.6 Å². The van der Waals surface area contributed by atoms with Gasteiger partial charge in [0, 0.05) is 42.9 Å². The number of aryl methyl sites for hydroxylation is 1. The maximum Gasteiger partial charge on any atom is 0.236 e. The quantitative estimate of drug-likeness (QED) is 0.623. The first-order valence-corrected chi connectivity index (χ1v) is 12.4. The minimum atomic E-state index is -0.113. The van der Waals surface area contributed by atoms with E-state index in [2.05, 4.69) is 20.2 Å². The highest BCUT2D eigenvalue weighted by atomic mass is 32.1. The normalized spacial score (nSPS) is 17.5. The van der Waals surface area contributed by atoms with Gasteiger partial charge in [0.1, 0.15) is 5.82 Å². The van der Waals surface area contributed by atoms with Gasteiger partial charge in [-0.2, -0.15) is 0 Å². The summed E-state index contributed by atoms with van der Waals surface area (Å²) in [7, 11) is 0. The number of nitrogens with one attached hydrogen (secondary N) is 1. The number of hydrogen-bond acceptors (Lipinski definition) is 7. The molecule has 0 spiro atoms. The summed E-state index contributed by atoms with van der Waals surface area (Å²) in [5.41, 5.74) is 1.65. The molecule has 0 atom stereocenters. The predicted molar refractivity (Wildman–Crippen MR) is 129 cm³/mol. The van der Waals surface area contributed by atoms with Crippen LogP contribution < -0.4 is 5.32 Å². The Balaban J connectivity index is 1.19. The molecule has 0 bridgehead atoms. The molecule has 9 heteroatoms. The SMILES string of the molecule is Cc1ncc(-c2ccc3cnc(NC(=O)C4CCN(C(=O)CN5CCCC5)CC4)cc3n2)s1. The molecule has 3 aromatic heterocycles. The van der Waals surface area contributed by atoms with Crippen molar-refractivity contribution in [2.45, 2.75) is 32.6 Å². The van der Waals surface area contributed by atoms with Crippen LogP contribution in [0.2, 0.25) is 0 Å². The van der Waals surface area contributed by atoms with Gasteiger partial charge in [-0.15, -0.1) is 11.3 Å². The molecule has 5 rings (SSSR count). The van der Waals surface area contributed by atoms with E-state index >= 15 is 0 Å². The van der Waals surface area contributed by atoms with Crippen LogP contribution in [0.3, 0.4) is 0 Å². The van der Waals surface area contributed by atoms with Crippen molar-refractivity contribution in [3.63, 3.8) is 0 Å². The molecule has 0 saturated carbocycles. The molecule has 3 aromatic rings. The van der Waals surface area contributed by atoms with E-state index < -0.39 is 0 Å². The van der Waals surface area contributed by atoms with Crippen molar-refractivity contribution in [3.05, 3.63) is 35.6 Å². The van der Waals surface area contributed by atoms with Crippen LogP contribution in [0, 0.1) is 12.8 Å². The van der Waals surface area contributed by atoms with E-state index in [1.165, 1.54) is 12.8 Å². The first-order chi connectivity index (χ1) is 16.0. The molecule has 0 aromatic carbocycles. The molecule has 8 nitrogen and oxygen atoms in total. The van der Waals surface area contributed by atoms with Crippen LogP contribution in [-0.2, 0) is 9.59 Å². The van der Waals surface area contributed by atoms with Crippen LogP contribution in [0.5, 0.6) is 0 Å². The lowest BCUT2D eigenvalue weighted by Gasteiger charge is -2.32. The van der Waals surface area contributed by atoms with Crippen LogP contribution in [0.4, 0.5) is 5.82 Å². The third-order valence-corrected chi connectivity index (χ3v) is 7.41. The topological polar surface area (TPSA) is 91.3 Å². The lowest BCUT2D eigenvalue weighted by atomic mass is 9.96. The van der Waals surface area contributed by atoms with Crippen LogP contribution >= 0.6 is 11.3 Å². The number of carbonyl (C=O) groups excluding carboxylic acids is 2. The zero-order valence-electron chi connectivity index (χ0n) is 18.8. The number of anilines is 1. The monoisotopic (exact) mass is 464 g/mol. The molecule has 33 heavy (non-hydrogen) atoms. The number of fused-ring (bicyclic) bond motifs is 1. The van der Waals surface area contributed by atoms with E-state index in [1.807, 2.05) is 36.2 Å². The van der Waals surface area contributed by atoms with Gasteiger partial charge in [0.25, 0.3) is 0 Å². The first-order valence-electron chi connectivity index (χ1n) is 11.6. The molecule has 2 fully saturated rings. The fraction of sp³-hybridized carbons (Fsp3) is 0.458. The van der Waals surface area contributed by atoms with E-state index in [4.69, 9.17) is 4.98 Å². The molecule has 0 radical (unpaired) electrons. The third kappa shape index (κ3) is 5.04. The Morgan fingerprint density at radius 1 is 1.09 bits per heavy atom. The second-order valence-electron chi connectivity index (χ2n) is 8.83. The fourth-order valence-corrected chi connectivity index (χ4v) is 5.30. The fourth-order valence-electron chi connectivity index (χ4n) is 4.55. The molecule has 1 N–H and O–H groups in total. The number of aromatic nitrogens is 3. The molecular weight excluding hydrogens is 436 g/mol. The molecular formula is C24H28N6O2S. The van der Waals surface area contributed by atoms with Crippen molar-refractivity contribution >= 4 is 39.9 Å². The number of pyridine rings is 2. The Hall–Kier alpha value is -2.91. The van der Waals surface area contributed by atoms with Gasteiger partial charge >= 0.3 is 0 Å². The van der Waals surface area contributed by atoms with Gasteiger partial charge < -0.3 is 10.2 Å². The summed E-state index contributed by atoms with van der Waals surface area (Å²) >= 11 is 1.60. The summed E-state index contributed by atoms with van der Waals surface area (Å²) in [6, 6.07) is 5.77. The minimum absolute atomic E-state index is 0.0391. The van der Waals surface area contributed by atoms with E-state index in [0.29, 0.717) is 38.3 Å². The Kier molecular flexibility index (Phi) is 6.32. The smallest absolute Gasteiger partial charge is 0.236 e. The Labute approximate surface area is 197 Å². The average molecular weight is 465 g/mol. The summed E-state index contributed by atoms with van der Waals surface area (Å²) < 4.78 is 0. The summed E-state index contributed by atoms with van der Waals surface area (Å²) in [4.78, 5) is 44.0. The number of thiazole rings is 1. The maximum atomic E-state index is 12.9. The van der Waals surface area contributed by atoms with Crippen molar-refractivity contribution in [3.8, 4) is 10.6 Å². The molecule has 2 aliphatic heterocycles. The Morgan fingerprint density at radius 2 is 1.88 bits per heavy atom. The molecule has 0 aliphatic carbocycles. The van der Waals surface area contributed by atoms with Crippen LogP contribution in [0.25, 0.3) is 21.5 Å². The largest absolute Gasteiger partial charge is 0.342 e. The summed E-state index contributed by atoms with van der Waals surface area (Å²) in [5.74, 6) is 0.538. The highest BCUT2D eigenvalue weighted by molar-refractivity contribution is 7.15. The van der Waals surface area contributed by atoms with Gasteiger partial charge in [0.15, 0.2) is 0 Å². The molecule has 172 valence electrons. The van der Waals surface area contributed by atoms with Gasteiger partial charge in [0.2, 0.25) is 11.8 Å². The zero-order chi connectivity index (χ0) is 22.8. The summed E-state index contributed by atoms with van der Waals surface area (Å²) in [6.45, 7) is 5.78. The standard InChI is InChI=1S/C24H28N6O2S/c1-16-25-14-21(33-16)19-5-4-18-13-26-22(12-20(18)27-19)28-24(32)17-6-10-30(11-7-17)23(31)15-29-8-2-3-9-29/h4-5,12-14,17H,2-3,6-11,15H2,1H3,(H,26,28,32). The van der Waals surface area contributed by atoms with E-state index in [-0.39, 0.29) is 17.7 Å². The predicted octanol–water partition coefficient (Wildman–Crippen LogP) is 3.33. The van der Waals surface area contributed by atoms with Crippen molar-refractivity contribution in [1.29, 1.82) is 0 Å². The molecule has 5 heterocycles. The minimum Gasteiger partial charge on any atom is -0.342 e. The average Bonchev–Trinajstić information content (AvgIpc) is 3.50. The van der Waals surface area contributed by atoms with E-state index in [1.54, 1.807) is 17.5 Å². The van der Waals surface area contributed by atoms with Gasteiger partial charge in [-0.25, -0.2) is 15.0 Å². The first kappa shape index (κ1) is 21.9. The second kappa shape index (κ2) is 9.52. The third-order valence-electron chi connectivity index (χ3n) is 6.47.